The largest absolute Gasteiger partial charge is 0.370 e. The van der Waals surface area contributed by atoms with Gasteiger partial charge in [0, 0.05) is 57.8 Å². The second-order valence-corrected chi connectivity index (χ2v) is 9.39. The number of anilines is 2. The zero-order valence-electron chi connectivity index (χ0n) is 19.9. The number of aromatic nitrogens is 2. The predicted octanol–water partition coefficient (Wildman–Crippen LogP) is 3.69. The molecule has 0 spiro atoms. The molecule has 1 unspecified atom stereocenters. The summed E-state index contributed by atoms with van der Waals surface area (Å²) in [6, 6.07) is 13.0. The van der Waals surface area contributed by atoms with Crippen LogP contribution < -0.4 is 15.5 Å². The zero-order chi connectivity index (χ0) is 22.9. The van der Waals surface area contributed by atoms with E-state index in [1.54, 1.807) is 6.33 Å². The Morgan fingerprint density at radius 2 is 1.91 bits per heavy atom. The molecule has 4 rings (SSSR count). The number of hydrogen-bond acceptors (Lipinski definition) is 6. The van der Waals surface area contributed by atoms with Crippen LogP contribution >= 0.6 is 0 Å². The van der Waals surface area contributed by atoms with Gasteiger partial charge in [0.15, 0.2) is 0 Å². The van der Waals surface area contributed by atoms with Gasteiger partial charge in [-0.25, -0.2) is 9.97 Å². The van der Waals surface area contributed by atoms with Gasteiger partial charge in [-0.15, -0.1) is 0 Å². The minimum atomic E-state index is 0.213. The van der Waals surface area contributed by atoms with E-state index in [9.17, 15) is 4.79 Å². The van der Waals surface area contributed by atoms with Crippen LogP contribution in [0.3, 0.4) is 0 Å². The van der Waals surface area contributed by atoms with Gasteiger partial charge in [-0.2, -0.15) is 0 Å². The van der Waals surface area contributed by atoms with Crippen molar-refractivity contribution in [3.63, 3.8) is 0 Å². The molecule has 1 aromatic carbocycles. The summed E-state index contributed by atoms with van der Waals surface area (Å²) in [5, 5.41) is 6.56. The van der Waals surface area contributed by atoms with Gasteiger partial charge < -0.3 is 15.5 Å². The molecule has 2 aliphatic rings. The molecule has 1 atom stereocenters. The number of benzene rings is 1. The quantitative estimate of drug-likeness (QED) is 0.607. The number of nitrogens with one attached hydrogen (secondary N) is 2. The molecule has 2 aromatic rings. The molecule has 7 nitrogen and oxygen atoms in total. The van der Waals surface area contributed by atoms with Crippen molar-refractivity contribution in [3.05, 3.63) is 48.3 Å². The number of nitrogens with zero attached hydrogens (tertiary/aromatic N) is 4. The highest BCUT2D eigenvalue weighted by atomic mass is 16.1. The van der Waals surface area contributed by atoms with E-state index in [0.717, 1.165) is 76.6 Å². The van der Waals surface area contributed by atoms with E-state index < -0.39 is 0 Å². The molecule has 3 heterocycles. The van der Waals surface area contributed by atoms with E-state index >= 15 is 0 Å². The van der Waals surface area contributed by atoms with Crippen LogP contribution in [0.5, 0.6) is 0 Å². The van der Waals surface area contributed by atoms with E-state index in [-0.39, 0.29) is 5.91 Å². The summed E-state index contributed by atoms with van der Waals surface area (Å²) in [6.07, 6.45) is 7.61. The van der Waals surface area contributed by atoms with Gasteiger partial charge in [0.05, 0.1) is 0 Å². The Morgan fingerprint density at radius 3 is 2.70 bits per heavy atom. The average molecular weight is 451 g/mol. The predicted molar refractivity (Wildman–Crippen MR) is 133 cm³/mol. The third-order valence-electron chi connectivity index (χ3n) is 6.83. The molecule has 2 N–H and O–H groups in total. The van der Waals surface area contributed by atoms with E-state index in [1.165, 1.54) is 12.0 Å². The lowest BCUT2D eigenvalue weighted by atomic mass is 9.93. The number of carbonyl (C=O) groups excluding carboxylic acids is 1. The van der Waals surface area contributed by atoms with E-state index in [4.69, 9.17) is 0 Å². The number of hydrogen-bond donors (Lipinski definition) is 2. The number of piperidine rings is 2. The first-order valence-corrected chi connectivity index (χ1v) is 12.6. The standard InChI is InChI=1S/C26H38N6O/c1-2-27-24-17-25(29-20-28-24)32-14-6-9-22(19-32)10-11-26(33)30-23-12-15-31(16-13-23)18-21-7-4-3-5-8-21/h3-5,7-8,17,20,22-23H,2,6,9-16,18-19H2,1H3,(H,30,33)(H,27,28,29). The Balaban J connectivity index is 1.17. The van der Waals surface area contributed by atoms with Crippen LogP contribution in [-0.2, 0) is 11.3 Å². The summed E-state index contributed by atoms with van der Waals surface area (Å²) in [4.78, 5) is 26.2. The number of likely N-dealkylation sites (tertiary alicyclic amines) is 1. The second kappa shape index (κ2) is 12.0. The van der Waals surface area contributed by atoms with Gasteiger partial charge in [0.2, 0.25) is 5.91 Å². The molecule has 7 heteroatoms. The molecule has 2 fully saturated rings. The van der Waals surface area contributed by atoms with Gasteiger partial charge in [0.25, 0.3) is 0 Å². The fourth-order valence-electron chi connectivity index (χ4n) is 5.02. The van der Waals surface area contributed by atoms with Gasteiger partial charge in [-0.1, -0.05) is 30.3 Å². The maximum Gasteiger partial charge on any atom is 0.220 e. The highest BCUT2D eigenvalue weighted by molar-refractivity contribution is 5.76. The molecule has 1 aromatic heterocycles. The van der Waals surface area contributed by atoms with Crippen molar-refractivity contribution < 1.29 is 4.79 Å². The number of amides is 1. The van der Waals surface area contributed by atoms with Crippen LogP contribution in [0.4, 0.5) is 11.6 Å². The molecule has 2 aliphatic heterocycles. The van der Waals surface area contributed by atoms with Crippen molar-refractivity contribution in [2.45, 2.75) is 58.0 Å². The summed E-state index contributed by atoms with van der Waals surface area (Å²) in [7, 11) is 0. The lowest BCUT2D eigenvalue weighted by Gasteiger charge is -2.34. The molecule has 178 valence electrons. The lowest BCUT2D eigenvalue weighted by Crippen LogP contribution is -2.44. The summed E-state index contributed by atoms with van der Waals surface area (Å²) in [5.74, 6) is 2.61. The van der Waals surface area contributed by atoms with Crippen LogP contribution in [0.25, 0.3) is 0 Å². The van der Waals surface area contributed by atoms with Crippen molar-refractivity contribution >= 4 is 17.5 Å². The summed E-state index contributed by atoms with van der Waals surface area (Å²) in [5.41, 5.74) is 1.36. The fourth-order valence-corrected chi connectivity index (χ4v) is 5.02. The maximum atomic E-state index is 12.6. The summed E-state index contributed by atoms with van der Waals surface area (Å²) in [6.45, 7) is 8.00. The highest BCUT2D eigenvalue weighted by Crippen LogP contribution is 2.25. The van der Waals surface area contributed by atoms with Crippen LogP contribution in [0.1, 0.15) is 51.0 Å². The summed E-state index contributed by atoms with van der Waals surface area (Å²) < 4.78 is 0. The highest BCUT2D eigenvalue weighted by Gasteiger charge is 2.24. The monoisotopic (exact) mass is 450 g/mol. The number of carbonyl (C=O) groups is 1. The van der Waals surface area contributed by atoms with Gasteiger partial charge in [-0.3, -0.25) is 9.69 Å². The molecule has 33 heavy (non-hydrogen) atoms. The zero-order valence-corrected chi connectivity index (χ0v) is 19.9. The van der Waals surface area contributed by atoms with Crippen molar-refractivity contribution in [1.29, 1.82) is 0 Å². The van der Waals surface area contributed by atoms with Crippen molar-refractivity contribution in [3.8, 4) is 0 Å². The Morgan fingerprint density at radius 1 is 1.09 bits per heavy atom. The first kappa shape index (κ1) is 23.5. The normalized spacial score (nSPS) is 19.9. The molecule has 0 radical (unpaired) electrons. The van der Waals surface area contributed by atoms with Crippen molar-refractivity contribution in [2.75, 3.05) is 42.9 Å². The van der Waals surface area contributed by atoms with Gasteiger partial charge >= 0.3 is 0 Å². The van der Waals surface area contributed by atoms with E-state index in [2.05, 4.69) is 67.7 Å². The number of rotatable bonds is 9. The fraction of sp³-hybridized carbons (Fsp3) is 0.577. The van der Waals surface area contributed by atoms with E-state index in [1.807, 2.05) is 6.07 Å². The Hall–Kier alpha value is -2.67. The second-order valence-electron chi connectivity index (χ2n) is 9.39. The third kappa shape index (κ3) is 7.16. The van der Waals surface area contributed by atoms with Crippen LogP contribution in [0.15, 0.2) is 42.7 Å². The Bertz CT molecular complexity index is 868. The molecule has 0 aliphatic carbocycles. The topological polar surface area (TPSA) is 73.4 Å². The molecule has 1 amide bonds. The minimum Gasteiger partial charge on any atom is -0.370 e. The molecule has 0 saturated carbocycles. The van der Waals surface area contributed by atoms with Crippen molar-refractivity contribution in [1.82, 2.24) is 20.2 Å². The van der Waals surface area contributed by atoms with Gasteiger partial charge in [0.1, 0.15) is 18.0 Å². The van der Waals surface area contributed by atoms with Crippen LogP contribution in [0, 0.1) is 5.92 Å². The lowest BCUT2D eigenvalue weighted by molar-refractivity contribution is -0.122. The average Bonchev–Trinajstić information content (AvgIpc) is 2.85. The maximum absolute atomic E-state index is 12.6. The van der Waals surface area contributed by atoms with Crippen molar-refractivity contribution in [2.24, 2.45) is 5.92 Å². The molecular weight excluding hydrogens is 412 g/mol. The SMILES string of the molecule is CCNc1cc(N2CCCC(CCC(=O)NC3CCN(Cc4ccccc4)CC3)C2)ncn1. The van der Waals surface area contributed by atoms with Gasteiger partial charge in [-0.05, 0) is 50.5 Å². The van der Waals surface area contributed by atoms with E-state index in [0.29, 0.717) is 18.4 Å². The van der Waals surface area contributed by atoms with Crippen LogP contribution in [-0.4, -0.2) is 59.5 Å². The van der Waals surface area contributed by atoms with Crippen LogP contribution in [0.2, 0.25) is 0 Å². The molecular formula is C26H38N6O. The summed E-state index contributed by atoms with van der Waals surface area (Å²) >= 11 is 0. The first-order valence-electron chi connectivity index (χ1n) is 12.6. The Kier molecular flexibility index (Phi) is 8.53. The Labute approximate surface area is 198 Å². The minimum absolute atomic E-state index is 0.213. The molecule has 0 bridgehead atoms. The molecule has 2 saturated heterocycles. The smallest absolute Gasteiger partial charge is 0.220 e. The third-order valence-corrected chi connectivity index (χ3v) is 6.83. The first-order chi connectivity index (χ1) is 16.2.